The SMILES string of the molecule is CNC1(Cc2cccc([N+](=O)[O-])c2Br)CC1. The molecule has 0 radical (unpaired) electrons. The molecule has 86 valence electrons. The number of hydrogen-bond donors (Lipinski definition) is 1. The Morgan fingerprint density at radius 2 is 2.25 bits per heavy atom. The van der Waals surface area contributed by atoms with Gasteiger partial charge in [-0.15, -0.1) is 0 Å². The molecule has 0 heterocycles. The average molecular weight is 285 g/mol. The molecular weight excluding hydrogens is 272 g/mol. The van der Waals surface area contributed by atoms with Gasteiger partial charge >= 0.3 is 0 Å². The molecule has 4 nitrogen and oxygen atoms in total. The third kappa shape index (κ3) is 2.10. The third-order valence-corrected chi connectivity index (χ3v) is 4.08. The minimum Gasteiger partial charge on any atom is -0.314 e. The molecule has 0 aromatic heterocycles. The molecule has 0 amide bonds. The molecule has 0 unspecified atom stereocenters. The number of likely N-dealkylation sites (N-methyl/N-ethyl adjacent to an activating group) is 1. The second-order valence-corrected chi connectivity index (χ2v) is 5.01. The van der Waals surface area contributed by atoms with Crippen LogP contribution in [0.25, 0.3) is 0 Å². The Hall–Kier alpha value is -0.940. The van der Waals surface area contributed by atoms with E-state index < -0.39 is 0 Å². The summed E-state index contributed by atoms with van der Waals surface area (Å²) in [4.78, 5) is 10.4. The Balaban J connectivity index is 2.28. The Morgan fingerprint density at radius 3 is 2.75 bits per heavy atom. The van der Waals surface area contributed by atoms with Gasteiger partial charge in [-0.3, -0.25) is 10.1 Å². The van der Waals surface area contributed by atoms with Gasteiger partial charge in [0.25, 0.3) is 5.69 Å². The van der Waals surface area contributed by atoms with Gasteiger partial charge in [0.05, 0.1) is 9.40 Å². The molecule has 1 fully saturated rings. The fourth-order valence-electron chi connectivity index (χ4n) is 1.87. The van der Waals surface area contributed by atoms with Crippen molar-refractivity contribution in [3.8, 4) is 0 Å². The smallest absolute Gasteiger partial charge is 0.283 e. The molecule has 1 aliphatic carbocycles. The van der Waals surface area contributed by atoms with E-state index in [4.69, 9.17) is 0 Å². The third-order valence-electron chi connectivity index (χ3n) is 3.17. The van der Waals surface area contributed by atoms with Crippen molar-refractivity contribution in [3.05, 3.63) is 38.3 Å². The zero-order valence-corrected chi connectivity index (χ0v) is 10.6. The summed E-state index contributed by atoms with van der Waals surface area (Å²) < 4.78 is 0.613. The second-order valence-electron chi connectivity index (χ2n) is 4.21. The van der Waals surface area contributed by atoms with E-state index in [1.54, 1.807) is 6.07 Å². The van der Waals surface area contributed by atoms with Crippen LogP contribution in [-0.2, 0) is 6.42 Å². The van der Waals surface area contributed by atoms with E-state index in [2.05, 4.69) is 21.2 Å². The lowest BCUT2D eigenvalue weighted by atomic mass is 10.0. The van der Waals surface area contributed by atoms with E-state index in [-0.39, 0.29) is 16.1 Å². The number of nitro benzene ring substituents is 1. The molecule has 0 spiro atoms. The largest absolute Gasteiger partial charge is 0.314 e. The van der Waals surface area contributed by atoms with E-state index in [1.807, 2.05) is 13.1 Å². The second kappa shape index (κ2) is 4.14. The van der Waals surface area contributed by atoms with E-state index >= 15 is 0 Å². The first kappa shape index (κ1) is 11.5. The number of nitrogens with one attached hydrogen (secondary N) is 1. The van der Waals surface area contributed by atoms with Gasteiger partial charge in [0.15, 0.2) is 0 Å². The van der Waals surface area contributed by atoms with Crippen LogP contribution in [0.5, 0.6) is 0 Å². The minimum absolute atomic E-state index is 0.143. The molecule has 16 heavy (non-hydrogen) atoms. The van der Waals surface area contributed by atoms with Crippen LogP contribution in [0.1, 0.15) is 18.4 Å². The van der Waals surface area contributed by atoms with Crippen LogP contribution in [0.4, 0.5) is 5.69 Å². The highest BCUT2D eigenvalue weighted by Crippen LogP contribution is 2.40. The van der Waals surface area contributed by atoms with Gasteiger partial charge in [0.1, 0.15) is 0 Å². The molecule has 0 aliphatic heterocycles. The number of halogens is 1. The minimum atomic E-state index is -0.355. The monoisotopic (exact) mass is 284 g/mol. The van der Waals surface area contributed by atoms with Gasteiger partial charge in [-0.25, -0.2) is 0 Å². The average Bonchev–Trinajstić information content (AvgIpc) is 3.01. The summed E-state index contributed by atoms with van der Waals surface area (Å²) in [7, 11) is 1.94. The lowest BCUT2D eigenvalue weighted by Gasteiger charge is -2.14. The maximum atomic E-state index is 10.8. The lowest BCUT2D eigenvalue weighted by molar-refractivity contribution is -0.385. The molecular formula is C11H13BrN2O2. The van der Waals surface area contributed by atoms with Gasteiger partial charge in [-0.2, -0.15) is 0 Å². The van der Waals surface area contributed by atoms with Gasteiger partial charge in [0, 0.05) is 11.6 Å². The number of hydrogen-bond acceptors (Lipinski definition) is 3. The van der Waals surface area contributed by atoms with Crippen molar-refractivity contribution < 1.29 is 4.92 Å². The number of rotatable bonds is 4. The standard InChI is InChI=1S/C11H13BrN2O2/c1-13-11(5-6-11)7-8-3-2-4-9(10(8)12)14(15)16/h2-4,13H,5-7H2,1H3. The zero-order valence-electron chi connectivity index (χ0n) is 9.00. The number of nitrogens with zero attached hydrogens (tertiary/aromatic N) is 1. The molecule has 0 saturated heterocycles. The summed E-state index contributed by atoms with van der Waals surface area (Å²) in [6.45, 7) is 0. The Labute approximate surface area is 102 Å². The summed E-state index contributed by atoms with van der Waals surface area (Å²) in [6.07, 6.45) is 3.11. The maximum absolute atomic E-state index is 10.8. The quantitative estimate of drug-likeness (QED) is 0.683. The predicted molar refractivity (Wildman–Crippen MR) is 65.5 cm³/mol. The molecule has 1 aliphatic rings. The zero-order chi connectivity index (χ0) is 11.8. The van der Waals surface area contributed by atoms with E-state index in [9.17, 15) is 10.1 Å². The predicted octanol–water partition coefficient (Wildman–Crippen LogP) is 2.65. The van der Waals surface area contributed by atoms with Crippen LogP contribution in [0.2, 0.25) is 0 Å². The van der Waals surface area contributed by atoms with E-state index in [0.29, 0.717) is 4.47 Å². The summed E-state index contributed by atoms with van der Waals surface area (Å²) in [5.74, 6) is 0. The highest BCUT2D eigenvalue weighted by Gasteiger charge is 2.41. The van der Waals surface area contributed by atoms with Crippen molar-refractivity contribution in [1.82, 2.24) is 5.32 Å². The van der Waals surface area contributed by atoms with E-state index in [0.717, 1.165) is 24.8 Å². The van der Waals surface area contributed by atoms with Gasteiger partial charge in [-0.1, -0.05) is 12.1 Å². The van der Waals surface area contributed by atoms with Gasteiger partial charge < -0.3 is 5.32 Å². The first-order chi connectivity index (χ1) is 7.58. The summed E-state index contributed by atoms with van der Waals surface area (Å²) in [5, 5.41) is 14.1. The molecule has 2 rings (SSSR count). The molecule has 5 heteroatoms. The Morgan fingerprint density at radius 1 is 1.56 bits per heavy atom. The first-order valence-corrected chi connectivity index (χ1v) is 5.98. The van der Waals surface area contributed by atoms with Crippen molar-refractivity contribution in [2.24, 2.45) is 0 Å². The van der Waals surface area contributed by atoms with Crippen molar-refractivity contribution in [2.75, 3.05) is 7.05 Å². The fourth-order valence-corrected chi connectivity index (χ4v) is 2.42. The highest BCUT2D eigenvalue weighted by molar-refractivity contribution is 9.10. The Bertz CT molecular complexity index is 430. The van der Waals surface area contributed by atoms with Crippen LogP contribution in [-0.4, -0.2) is 17.5 Å². The van der Waals surface area contributed by atoms with Crippen molar-refractivity contribution in [3.63, 3.8) is 0 Å². The van der Waals surface area contributed by atoms with Crippen molar-refractivity contribution in [1.29, 1.82) is 0 Å². The van der Waals surface area contributed by atoms with Crippen LogP contribution >= 0.6 is 15.9 Å². The van der Waals surface area contributed by atoms with E-state index in [1.165, 1.54) is 6.07 Å². The molecule has 1 aromatic rings. The van der Waals surface area contributed by atoms with Gasteiger partial charge in [0.2, 0.25) is 0 Å². The maximum Gasteiger partial charge on any atom is 0.283 e. The fraction of sp³-hybridized carbons (Fsp3) is 0.455. The van der Waals surface area contributed by atoms with Crippen LogP contribution in [0, 0.1) is 10.1 Å². The lowest BCUT2D eigenvalue weighted by Crippen LogP contribution is -2.29. The van der Waals surface area contributed by atoms with Crippen LogP contribution < -0.4 is 5.32 Å². The molecule has 1 N–H and O–H groups in total. The molecule has 0 bridgehead atoms. The Kier molecular flexibility index (Phi) is 2.99. The van der Waals surface area contributed by atoms with Crippen LogP contribution in [0.3, 0.4) is 0 Å². The summed E-state index contributed by atoms with van der Waals surface area (Å²) >= 11 is 3.32. The summed E-state index contributed by atoms with van der Waals surface area (Å²) in [5.41, 5.74) is 1.31. The topological polar surface area (TPSA) is 55.2 Å². The molecule has 0 atom stereocenters. The van der Waals surface area contributed by atoms with Gasteiger partial charge in [-0.05, 0) is 47.8 Å². The van der Waals surface area contributed by atoms with Crippen molar-refractivity contribution in [2.45, 2.75) is 24.8 Å². The molecule has 1 saturated carbocycles. The van der Waals surface area contributed by atoms with Crippen molar-refractivity contribution >= 4 is 21.6 Å². The molecule has 1 aromatic carbocycles. The number of benzene rings is 1. The van der Waals surface area contributed by atoms with Crippen LogP contribution in [0.15, 0.2) is 22.7 Å². The number of nitro groups is 1. The summed E-state index contributed by atoms with van der Waals surface area (Å²) in [6, 6.07) is 5.20. The normalized spacial score (nSPS) is 17.1. The highest BCUT2D eigenvalue weighted by atomic mass is 79.9. The first-order valence-electron chi connectivity index (χ1n) is 5.19.